The molecule has 0 aliphatic rings. The second-order valence-corrected chi connectivity index (χ2v) is 7.65. The minimum absolute atomic E-state index is 0.0641. The molecule has 0 unspecified atom stereocenters. The summed E-state index contributed by atoms with van der Waals surface area (Å²) in [6.45, 7) is -0.0641. The zero-order chi connectivity index (χ0) is 16.8. The van der Waals surface area contributed by atoms with E-state index in [1.54, 1.807) is 36.6 Å². The third-order valence-corrected chi connectivity index (χ3v) is 5.61. The first-order valence-electron chi connectivity index (χ1n) is 6.61. The van der Waals surface area contributed by atoms with Crippen LogP contribution in [0.3, 0.4) is 0 Å². The highest BCUT2D eigenvalue weighted by molar-refractivity contribution is 8.01. The van der Waals surface area contributed by atoms with E-state index in [1.165, 1.54) is 16.7 Å². The average Bonchev–Trinajstić information content (AvgIpc) is 3.02. The molecule has 2 aromatic rings. The Hall–Kier alpha value is -1.21. The monoisotopic (exact) mass is 388 g/mol. The SMILES string of the molecule is CN(CC(=O)Nc1c(Cl)cccc1Cl)C(=O)CSc1cccs1. The van der Waals surface area contributed by atoms with Crippen LogP contribution < -0.4 is 5.32 Å². The van der Waals surface area contributed by atoms with E-state index in [4.69, 9.17) is 23.2 Å². The van der Waals surface area contributed by atoms with Gasteiger partial charge in [0.2, 0.25) is 11.8 Å². The van der Waals surface area contributed by atoms with Gasteiger partial charge in [-0.25, -0.2) is 0 Å². The molecular formula is C15H14Cl2N2O2S2. The zero-order valence-electron chi connectivity index (χ0n) is 12.2. The summed E-state index contributed by atoms with van der Waals surface area (Å²) in [7, 11) is 1.59. The summed E-state index contributed by atoms with van der Waals surface area (Å²) in [5.74, 6) is -0.183. The van der Waals surface area contributed by atoms with E-state index in [1.807, 2.05) is 17.5 Å². The second kappa shape index (κ2) is 8.59. The Bertz CT molecular complexity index is 673. The summed E-state index contributed by atoms with van der Waals surface area (Å²) in [4.78, 5) is 25.5. The summed E-state index contributed by atoms with van der Waals surface area (Å²) in [6, 6.07) is 8.85. The highest BCUT2D eigenvalue weighted by atomic mass is 35.5. The van der Waals surface area contributed by atoms with Crippen LogP contribution in [0, 0.1) is 0 Å². The molecule has 8 heteroatoms. The van der Waals surface area contributed by atoms with Gasteiger partial charge in [0, 0.05) is 7.05 Å². The molecule has 1 N–H and O–H groups in total. The van der Waals surface area contributed by atoms with E-state index in [9.17, 15) is 9.59 Å². The minimum Gasteiger partial charge on any atom is -0.336 e. The Morgan fingerprint density at radius 1 is 1.22 bits per heavy atom. The van der Waals surface area contributed by atoms with Gasteiger partial charge in [-0.15, -0.1) is 23.1 Å². The number of benzene rings is 1. The largest absolute Gasteiger partial charge is 0.336 e. The van der Waals surface area contributed by atoms with Crippen molar-refractivity contribution in [3.8, 4) is 0 Å². The van der Waals surface area contributed by atoms with E-state index in [0.717, 1.165) is 4.21 Å². The second-order valence-electron chi connectivity index (χ2n) is 4.62. The Kier molecular flexibility index (Phi) is 6.77. The molecule has 1 aromatic carbocycles. The van der Waals surface area contributed by atoms with Crippen molar-refractivity contribution in [3.63, 3.8) is 0 Å². The van der Waals surface area contributed by atoms with E-state index in [0.29, 0.717) is 15.7 Å². The van der Waals surface area contributed by atoms with E-state index in [2.05, 4.69) is 5.32 Å². The van der Waals surface area contributed by atoms with Crippen LogP contribution in [0.25, 0.3) is 0 Å². The lowest BCUT2D eigenvalue weighted by Gasteiger charge is -2.17. The molecule has 0 bridgehead atoms. The van der Waals surface area contributed by atoms with Crippen LogP contribution in [0.4, 0.5) is 5.69 Å². The van der Waals surface area contributed by atoms with Gasteiger partial charge in [-0.1, -0.05) is 35.3 Å². The van der Waals surface area contributed by atoms with E-state index < -0.39 is 0 Å². The number of carbonyl (C=O) groups is 2. The maximum atomic E-state index is 12.0. The molecule has 122 valence electrons. The Balaban J connectivity index is 1.85. The van der Waals surface area contributed by atoms with Crippen molar-refractivity contribution in [2.75, 3.05) is 24.7 Å². The quantitative estimate of drug-likeness (QED) is 0.752. The number of amides is 2. The fourth-order valence-corrected chi connectivity index (χ4v) is 3.91. The van der Waals surface area contributed by atoms with Gasteiger partial charge >= 0.3 is 0 Å². The molecule has 1 heterocycles. The molecule has 23 heavy (non-hydrogen) atoms. The van der Waals surface area contributed by atoms with Crippen LogP contribution in [0.15, 0.2) is 39.9 Å². The fourth-order valence-electron chi connectivity index (χ4n) is 1.69. The van der Waals surface area contributed by atoms with Gasteiger partial charge in [-0.05, 0) is 23.6 Å². The number of thiophene rings is 1. The molecule has 4 nitrogen and oxygen atoms in total. The van der Waals surface area contributed by atoms with Crippen molar-refractivity contribution >= 4 is 63.8 Å². The number of nitrogens with zero attached hydrogens (tertiary/aromatic N) is 1. The molecule has 0 atom stereocenters. The molecule has 2 amide bonds. The number of hydrogen-bond acceptors (Lipinski definition) is 4. The third-order valence-electron chi connectivity index (χ3n) is 2.87. The van der Waals surface area contributed by atoms with Crippen molar-refractivity contribution in [1.82, 2.24) is 4.90 Å². The number of halogens is 2. The van der Waals surface area contributed by atoms with Crippen LogP contribution in [0.2, 0.25) is 10.0 Å². The van der Waals surface area contributed by atoms with E-state index >= 15 is 0 Å². The lowest BCUT2D eigenvalue weighted by atomic mass is 10.3. The molecule has 1 aromatic heterocycles. The molecule has 0 saturated carbocycles. The predicted octanol–water partition coefficient (Wildman–Crippen LogP) is 4.24. The van der Waals surface area contributed by atoms with E-state index in [-0.39, 0.29) is 24.1 Å². The summed E-state index contributed by atoms with van der Waals surface area (Å²) in [5, 5.41) is 5.30. The first-order chi connectivity index (χ1) is 11.0. The number of likely N-dealkylation sites (N-methyl/N-ethyl adjacent to an activating group) is 1. The summed E-state index contributed by atoms with van der Waals surface area (Å²) < 4.78 is 1.07. The zero-order valence-corrected chi connectivity index (χ0v) is 15.4. The van der Waals surface area contributed by atoms with Crippen LogP contribution in [-0.2, 0) is 9.59 Å². The average molecular weight is 389 g/mol. The first kappa shape index (κ1) is 18.1. The molecule has 0 fully saturated rings. The summed E-state index contributed by atoms with van der Waals surface area (Å²) in [5.41, 5.74) is 0.356. The number of thioether (sulfide) groups is 1. The van der Waals surface area contributed by atoms with Gasteiger partial charge in [0.15, 0.2) is 0 Å². The topological polar surface area (TPSA) is 49.4 Å². The van der Waals surface area contributed by atoms with Crippen LogP contribution >= 0.6 is 46.3 Å². The molecule has 0 aliphatic carbocycles. The number of carbonyl (C=O) groups excluding carboxylic acids is 2. The van der Waals surface area contributed by atoms with Crippen molar-refractivity contribution in [2.24, 2.45) is 0 Å². The van der Waals surface area contributed by atoms with Gasteiger partial charge in [0.25, 0.3) is 0 Å². The highest BCUT2D eigenvalue weighted by Crippen LogP contribution is 2.29. The molecule has 2 rings (SSSR count). The third kappa shape index (κ3) is 5.42. The number of nitrogens with one attached hydrogen (secondary N) is 1. The number of rotatable bonds is 6. The molecule has 0 radical (unpaired) electrons. The maximum Gasteiger partial charge on any atom is 0.244 e. The fraction of sp³-hybridized carbons (Fsp3) is 0.200. The van der Waals surface area contributed by atoms with Crippen molar-refractivity contribution in [2.45, 2.75) is 4.21 Å². The van der Waals surface area contributed by atoms with Gasteiger partial charge in [-0.3, -0.25) is 9.59 Å². The van der Waals surface area contributed by atoms with Crippen LogP contribution in [0.5, 0.6) is 0 Å². The minimum atomic E-state index is -0.350. The number of anilines is 1. The number of hydrogen-bond donors (Lipinski definition) is 1. The smallest absolute Gasteiger partial charge is 0.244 e. The Labute approximate surface area is 152 Å². The van der Waals surface area contributed by atoms with Crippen LogP contribution in [-0.4, -0.2) is 36.1 Å². The summed E-state index contributed by atoms with van der Waals surface area (Å²) in [6.07, 6.45) is 0. The Morgan fingerprint density at radius 3 is 2.52 bits per heavy atom. The van der Waals surface area contributed by atoms with Crippen molar-refractivity contribution in [3.05, 3.63) is 45.8 Å². The van der Waals surface area contributed by atoms with Gasteiger partial charge in [0.1, 0.15) is 0 Å². The molecule has 0 saturated heterocycles. The van der Waals surface area contributed by atoms with Gasteiger partial charge < -0.3 is 10.2 Å². The standard InChI is InChI=1S/C15H14Cl2N2O2S2/c1-19(13(21)9-23-14-6-3-7-22-14)8-12(20)18-15-10(16)4-2-5-11(15)17/h2-7H,8-9H2,1H3,(H,18,20). The lowest BCUT2D eigenvalue weighted by Crippen LogP contribution is -2.36. The van der Waals surface area contributed by atoms with Gasteiger partial charge in [-0.2, -0.15) is 0 Å². The summed E-state index contributed by atoms with van der Waals surface area (Å²) >= 11 is 15.0. The first-order valence-corrected chi connectivity index (χ1v) is 9.23. The molecular weight excluding hydrogens is 375 g/mol. The number of para-hydroxylation sites is 1. The molecule has 0 aliphatic heterocycles. The van der Waals surface area contributed by atoms with Crippen LogP contribution in [0.1, 0.15) is 0 Å². The van der Waals surface area contributed by atoms with Crippen molar-refractivity contribution < 1.29 is 9.59 Å². The predicted molar refractivity (Wildman–Crippen MR) is 97.8 cm³/mol. The lowest BCUT2D eigenvalue weighted by molar-refractivity contribution is -0.131. The highest BCUT2D eigenvalue weighted by Gasteiger charge is 2.15. The molecule has 0 spiro atoms. The van der Waals surface area contributed by atoms with Gasteiger partial charge in [0.05, 0.1) is 32.2 Å². The Morgan fingerprint density at radius 2 is 1.91 bits per heavy atom. The normalized spacial score (nSPS) is 10.4. The van der Waals surface area contributed by atoms with Crippen molar-refractivity contribution in [1.29, 1.82) is 0 Å². The maximum absolute atomic E-state index is 12.0.